The predicted octanol–water partition coefficient (Wildman–Crippen LogP) is 2.67. The van der Waals surface area contributed by atoms with E-state index in [1.54, 1.807) is 11.8 Å². The van der Waals surface area contributed by atoms with Crippen LogP contribution >= 0.6 is 0 Å². The molecule has 0 fully saturated rings. The van der Waals surface area contributed by atoms with Crippen LogP contribution in [0, 0.1) is 0 Å². The molecule has 2 N–H and O–H groups in total. The van der Waals surface area contributed by atoms with Crippen LogP contribution < -0.4 is 5.32 Å². The molecule has 0 bridgehead atoms. The summed E-state index contributed by atoms with van der Waals surface area (Å²) in [6.45, 7) is 2.54. The van der Waals surface area contributed by atoms with Gasteiger partial charge in [0.15, 0.2) is 0 Å². The summed E-state index contributed by atoms with van der Waals surface area (Å²) in [7, 11) is 0. The molecule has 1 atom stereocenters. The molecule has 0 aliphatic rings. The van der Waals surface area contributed by atoms with Crippen molar-refractivity contribution in [3.63, 3.8) is 0 Å². The molecule has 0 aliphatic heterocycles. The third kappa shape index (κ3) is 5.43. The van der Waals surface area contributed by atoms with Gasteiger partial charge in [-0.15, -0.1) is 0 Å². The standard InChI is InChI=1S/C21H26N2O3/c1-2-19(25)23(16-17-10-5-3-6-11-17)20(18-12-7-4-8-13-18)21(26)22-14-9-15-24/h3-8,10-13,20,24H,2,9,14-16H2,1H3,(H,22,26). The van der Waals surface area contributed by atoms with Crippen LogP contribution in [0.2, 0.25) is 0 Å². The van der Waals surface area contributed by atoms with Crippen LogP contribution in [0.1, 0.15) is 36.9 Å². The first-order valence-electron chi connectivity index (χ1n) is 8.94. The number of hydrogen-bond acceptors (Lipinski definition) is 3. The lowest BCUT2D eigenvalue weighted by atomic mass is 10.0. The van der Waals surface area contributed by atoms with E-state index in [9.17, 15) is 9.59 Å². The Morgan fingerprint density at radius 1 is 1.04 bits per heavy atom. The molecular formula is C21H26N2O3. The number of amides is 2. The number of benzene rings is 2. The molecule has 2 aromatic rings. The topological polar surface area (TPSA) is 69.6 Å². The van der Waals surface area contributed by atoms with Crippen LogP contribution in [0.3, 0.4) is 0 Å². The maximum absolute atomic E-state index is 12.9. The Morgan fingerprint density at radius 2 is 1.65 bits per heavy atom. The lowest BCUT2D eigenvalue weighted by Gasteiger charge is -2.31. The Bertz CT molecular complexity index is 689. The van der Waals surface area contributed by atoms with Gasteiger partial charge in [0.05, 0.1) is 0 Å². The third-order valence-corrected chi connectivity index (χ3v) is 4.13. The number of carbonyl (C=O) groups excluding carboxylic acids is 2. The van der Waals surface area contributed by atoms with Crippen molar-refractivity contribution >= 4 is 11.8 Å². The van der Waals surface area contributed by atoms with E-state index in [1.807, 2.05) is 60.7 Å². The van der Waals surface area contributed by atoms with E-state index in [4.69, 9.17) is 5.11 Å². The molecule has 26 heavy (non-hydrogen) atoms. The van der Waals surface area contributed by atoms with E-state index in [0.29, 0.717) is 25.9 Å². The Hall–Kier alpha value is -2.66. The normalized spacial score (nSPS) is 11.6. The predicted molar refractivity (Wildman–Crippen MR) is 101 cm³/mol. The summed E-state index contributed by atoms with van der Waals surface area (Å²) in [6.07, 6.45) is 0.799. The molecular weight excluding hydrogens is 328 g/mol. The molecule has 0 heterocycles. The van der Waals surface area contributed by atoms with E-state index in [-0.39, 0.29) is 18.4 Å². The van der Waals surface area contributed by atoms with Gasteiger partial charge in [0.25, 0.3) is 0 Å². The van der Waals surface area contributed by atoms with Crippen molar-refractivity contribution < 1.29 is 14.7 Å². The first-order chi connectivity index (χ1) is 12.7. The molecule has 2 rings (SSSR count). The van der Waals surface area contributed by atoms with Crippen LogP contribution in [0.4, 0.5) is 0 Å². The van der Waals surface area contributed by atoms with Crippen molar-refractivity contribution in [3.05, 3.63) is 71.8 Å². The maximum Gasteiger partial charge on any atom is 0.247 e. The van der Waals surface area contributed by atoms with Crippen LogP contribution in [0.15, 0.2) is 60.7 Å². The number of aliphatic hydroxyl groups excluding tert-OH is 1. The van der Waals surface area contributed by atoms with Gasteiger partial charge in [-0.1, -0.05) is 67.6 Å². The second-order valence-corrected chi connectivity index (χ2v) is 6.04. The van der Waals surface area contributed by atoms with Crippen LogP contribution in [0.25, 0.3) is 0 Å². The highest BCUT2D eigenvalue weighted by atomic mass is 16.3. The Morgan fingerprint density at radius 3 is 2.23 bits per heavy atom. The largest absolute Gasteiger partial charge is 0.396 e. The zero-order valence-corrected chi connectivity index (χ0v) is 15.1. The SMILES string of the molecule is CCC(=O)N(Cc1ccccc1)C(C(=O)NCCCO)c1ccccc1. The Kier molecular flexibility index (Phi) is 7.83. The molecule has 2 amide bonds. The number of carbonyl (C=O) groups is 2. The number of rotatable bonds is 9. The van der Waals surface area contributed by atoms with Crippen molar-refractivity contribution in [1.29, 1.82) is 0 Å². The first-order valence-corrected chi connectivity index (χ1v) is 8.94. The number of nitrogens with one attached hydrogen (secondary N) is 1. The van der Waals surface area contributed by atoms with Crippen LogP contribution in [-0.2, 0) is 16.1 Å². The van der Waals surface area contributed by atoms with Gasteiger partial charge in [-0.05, 0) is 17.5 Å². The van der Waals surface area contributed by atoms with E-state index in [0.717, 1.165) is 11.1 Å². The fraction of sp³-hybridized carbons (Fsp3) is 0.333. The van der Waals surface area contributed by atoms with E-state index >= 15 is 0 Å². The average Bonchev–Trinajstić information content (AvgIpc) is 2.68. The summed E-state index contributed by atoms with van der Waals surface area (Å²) >= 11 is 0. The molecule has 5 nitrogen and oxygen atoms in total. The third-order valence-electron chi connectivity index (χ3n) is 4.13. The minimum absolute atomic E-state index is 0.0118. The quantitative estimate of drug-likeness (QED) is 0.680. The van der Waals surface area contributed by atoms with Gasteiger partial charge in [-0.25, -0.2) is 0 Å². The van der Waals surface area contributed by atoms with Crippen molar-refractivity contribution in [3.8, 4) is 0 Å². The molecule has 5 heteroatoms. The molecule has 0 saturated heterocycles. The second-order valence-electron chi connectivity index (χ2n) is 6.04. The van der Waals surface area contributed by atoms with Crippen molar-refractivity contribution in [2.45, 2.75) is 32.4 Å². The van der Waals surface area contributed by atoms with Crippen LogP contribution in [-0.4, -0.2) is 35.0 Å². The average molecular weight is 354 g/mol. The summed E-state index contributed by atoms with van der Waals surface area (Å²) in [5, 5.41) is 11.8. The smallest absolute Gasteiger partial charge is 0.247 e. The second kappa shape index (κ2) is 10.4. The highest BCUT2D eigenvalue weighted by molar-refractivity contribution is 5.88. The zero-order chi connectivity index (χ0) is 18.8. The van der Waals surface area contributed by atoms with Gasteiger partial charge in [0.2, 0.25) is 11.8 Å². The van der Waals surface area contributed by atoms with Crippen molar-refractivity contribution in [2.24, 2.45) is 0 Å². The van der Waals surface area contributed by atoms with Gasteiger partial charge < -0.3 is 15.3 Å². The first kappa shape index (κ1) is 19.7. The van der Waals surface area contributed by atoms with Crippen LogP contribution in [0.5, 0.6) is 0 Å². The summed E-state index contributed by atoms with van der Waals surface area (Å²) in [5.41, 5.74) is 1.74. The van der Waals surface area contributed by atoms with Gasteiger partial charge in [-0.3, -0.25) is 9.59 Å². The lowest BCUT2D eigenvalue weighted by molar-refractivity contribution is -0.141. The molecule has 1 unspecified atom stereocenters. The molecule has 0 aliphatic carbocycles. The fourth-order valence-electron chi connectivity index (χ4n) is 2.80. The molecule has 0 radical (unpaired) electrons. The van der Waals surface area contributed by atoms with Crippen molar-refractivity contribution in [1.82, 2.24) is 10.2 Å². The highest BCUT2D eigenvalue weighted by Crippen LogP contribution is 2.24. The van der Waals surface area contributed by atoms with E-state index in [1.165, 1.54) is 0 Å². The number of aliphatic hydroxyl groups is 1. The van der Waals surface area contributed by atoms with Gasteiger partial charge in [0.1, 0.15) is 6.04 Å². The minimum Gasteiger partial charge on any atom is -0.396 e. The monoisotopic (exact) mass is 354 g/mol. The van der Waals surface area contributed by atoms with E-state index in [2.05, 4.69) is 5.32 Å². The molecule has 2 aromatic carbocycles. The highest BCUT2D eigenvalue weighted by Gasteiger charge is 2.30. The maximum atomic E-state index is 12.9. The van der Waals surface area contributed by atoms with E-state index < -0.39 is 6.04 Å². The van der Waals surface area contributed by atoms with Gasteiger partial charge in [-0.2, -0.15) is 0 Å². The number of hydrogen-bond donors (Lipinski definition) is 2. The number of nitrogens with zero attached hydrogens (tertiary/aromatic N) is 1. The fourth-order valence-corrected chi connectivity index (χ4v) is 2.80. The summed E-state index contributed by atoms with van der Waals surface area (Å²) in [6, 6.07) is 18.3. The minimum atomic E-state index is -0.706. The summed E-state index contributed by atoms with van der Waals surface area (Å²) in [5.74, 6) is -0.317. The van der Waals surface area contributed by atoms with Crippen molar-refractivity contribution in [2.75, 3.05) is 13.2 Å². The Labute approximate surface area is 154 Å². The Balaban J connectivity index is 2.34. The lowest BCUT2D eigenvalue weighted by Crippen LogP contribution is -2.43. The molecule has 0 saturated carbocycles. The zero-order valence-electron chi connectivity index (χ0n) is 15.1. The molecule has 0 aromatic heterocycles. The summed E-state index contributed by atoms with van der Waals surface area (Å²) in [4.78, 5) is 27.2. The van der Waals surface area contributed by atoms with Gasteiger partial charge >= 0.3 is 0 Å². The summed E-state index contributed by atoms with van der Waals surface area (Å²) < 4.78 is 0. The molecule has 138 valence electrons. The van der Waals surface area contributed by atoms with Gasteiger partial charge in [0, 0.05) is 26.1 Å². The molecule has 0 spiro atoms.